The van der Waals surface area contributed by atoms with Crippen LogP contribution in [0.25, 0.3) is 0 Å². The molecule has 0 aliphatic carbocycles. The van der Waals surface area contributed by atoms with E-state index < -0.39 is 71.4 Å². The van der Waals surface area contributed by atoms with E-state index in [-0.39, 0.29) is 45.4 Å². The van der Waals surface area contributed by atoms with E-state index in [9.17, 15) is 43.5 Å². The number of imide groups is 2. The Kier molecular flexibility index (Phi) is 12.9. The van der Waals surface area contributed by atoms with Crippen molar-refractivity contribution >= 4 is 53.1 Å². The number of rotatable bonds is 17. The third-order valence-corrected chi connectivity index (χ3v) is 7.48. The predicted octanol–water partition coefficient (Wildman–Crippen LogP) is -0.810. The maximum atomic E-state index is 13.4. The first-order valence-electron chi connectivity index (χ1n) is 15.0. The van der Waals surface area contributed by atoms with Crippen molar-refractivity contribution in [3.8, 4) is 0 Å². The van der Waals surface area contributed by atoms with Crippen LogP contribution in [0.2, 0.25) is 0 Å². The summed E-state index contributed by atoms with van der Waals surface area (Å²) in [4.78, 5) is 102. The lowest BCUT2D eigenvalue weighted by molar-refractivity contribution is -0.145. The summed E-state index contributed by atoms with van der Waals surface area (Å²) in [6.45, 7) is 3.03. The van der Waals surface area contributed by atoms with E-state index in [2.05, 4.69) is 21.3 Å². The van der Waals surface area contributed by atoms with Gasteiger partial charge in [-0.25, -0.2) is 4.79 Å². The smallest absolute Gasteiger partial charge is 0.312 e. The molecule has 16 nitrogen and oxygen atoms in total. The van der Waals surface area contributed by atoms with Crippen LogP contribution in [0.4, 0.5) is 10.5 Å². The second-order valence-electron chi connectivity index (χ2n) is 11.3. The molecule has 0 bridgehead atoms. The largest absolute Gasteiger partial charge is 0.392 e. The number of nitrogens with two attached hydrogens (primary N) is 1. The summed E-state index contributed by atoms with van der Waals surface area (Å²) in [5.41, 5.74) is 6.17. The minimum absolute atomic E-state index is 0.110. The quantitative estimate of drug-likeness (QED) is 0.0909. The molecule has 1 aromatic rings. The molecule has 3 atom stereocenters. The van der Waals surface area contributed by atoms with Crippen molar-refractivity contribution in [2.45, 2.75) is 64.3 Å². The molecule has 9 amide bonds. The molecular weight excluding hydrogens is 614 g/mol. The van der Waals surface area contributed by atoms with Crippen LogP contribution in [-0.4, -0.2) is 93.5 Å². The fraction of sp³-hybridized carbons (Fsp3) is 0.419. The van der Waals surface area contributed by atoms with Crippen LogP contribution in [0.15, 0.2) is 48.6 Å². The van der Waals surface area contributed by atoms with Crippen molar-refractivity contribution < 1.29 is 43.5 Å². The average molecular weight is 654 g/mol. The molecule has 2 heterocycles. The number of benzene rings is 1. The lowest BCUT2D eigenvalue weighted by Gasteiger charge is -2.29. The Balaban J connectivity index is 1.67. The van der Waals surface area contributed by atoms with Gasteiger partial charge in [-0.15, -0.1) is 0 Å². The Morgan fingerprint density at radius 1 is 0.830 bits per heavy atom. The number of hydrogen-bond donors (Lipinski definition) is 6. The summed E-state index contributed by atoms with van der Waals surface area (Å²) in [5, 5.41) is 19.7. The van der Waals surface area contributed by atoms with Gasteiger partial charge >= 0.3 is 6.03 Å². The van der Waals surface area contributed by atoms with Gasteiger partial charge in [-0.1, -0.05) is 26.0 Å². The van der Waals surface area contributed by atoms with E-state index >= 15 is 0 Å². The molecule has 0 fully saturated rings. The summed E-state index contributed by atoms with van der Waals surface area (Å²) in [7, 11) is 0. The number of nitrogens with zero attached hydrogens (tertiary/aromatic N) is 2. The zero-order chi connectivity index (χ0) is 34.7. The number of carbonyl (C=O) groups is 8. The van der Waals surface area contributed by atoms with Crippen molar-refractivity contribution in [2.24, 2.45) is 11.7 Å². The SMILES string of the molecule is CC(C)C(NC(=O)CCC(CN1C(=O)C=CC1=O)N1C(=O)C=CC1=O)C(=O)NC(CCCNC(N)=O)C(=O)Nc1ccc(CO)cc1. The third kappa shape index (κ3) is 10.3. The minimum Gasteiger partial charge on any atom is -0.392 e. The summed E-state index contributed by atoms with van der Waals surface area (Å²) >= 11 is 0. The molecule has 0 aromatic heterocycles. The summed E-state index contributed by atoms with van der Waals surface area (Å²) < 4.78 is 0. The number of anilines is 1. The third-order valence-electron chi connectivity index (χ3n) is 7.48. The van der Waals surface area contributed by atoms with Gasteiger partial charge in [-0.3, -0.25) is 43.4 Å². The number of primary amides is 1. The zero-order valence-corrected chi connectivity index (χ0v) is 26.1. The standard InChI is InChI=1S/C31H39N7O9/c1-18(2)28(30(46)35-22(4-3-15-33-31(32)47)29(45)34-20-7-5-19(17-39)6-8-20)36-23(40)10-9-21(38-26(43)13-14-27(38)44)16-37-24(41)11-12-25(37)42/h5-8,11-14,18,21-22,28,39H,3-4,9-10,15-17H2,1-2H3,(H,34,45)(H,35,46)(H,36,40)(H3,32,33,47). The van der Waals surface area contributed by atoms with E-state index in [1.165, 1.54) is 0 Å². The Bertz CT molecular complexity index is 1420. The molecular formula is C31H39N7O9. The van der Waals surface area contributed by atoms with Crippen molar-refractivity contribution in [1.82, 2.24) is 25.8 Å². The van der Waals surface area contributed by atoms with Gasteiger partial charge in [0.2, 0.25) is 17.7 Å². The van der Waals surface area contributed by atoms with Crippen molar-refractivity contribution in [1.29, 1.82) is 0 Å². The first kappa shape index (κ1) is 36.1. The molecule has 16 heteroatoms. The summed E-state index contributed by atoms with van der Waals surface area (Å²) in [6.07, 6.45) is 4.27. The van der Waals surface area contributed by atoms with E-state index in [0.717, 1.165) is 34.1 Å². The number of nitrogens with one attached hydrogen (secondary N) is 4. The summed E-state index contributed by atoms with van der Waals surface area (Å²) in [5.74, 6) is -4.77. The number of aliphatic hydroxyl groups is 1. The highest BCUT2D eigenvalue weighted by Gasteiger charge is 2.36. The highest BCUT2D eigenvalue weighted by molar-refractivity contribution is 6.14. The average Bonchev–Trinajstić information content (AvgIpc) is 3.53. The van der Waals surface area contributed by atoms with E-state index in [4.69, 9.17) is 5.73 Å². The molecule has 1 aromatic carbocycles. The maximum Gasteiger partial charge on any atom is 0.312 e. The highest BCUT2D eigenvalue weighted by atomic mass is 16.3. The molecule has 252 valence electrons. The van der Waals surface area contributed by atoms with Crippen molar-refractivity contribution in [3.05, 3.63) is 54.1 Å². The van der Waals surface area contributed by atoms with Crippen LogP contribution in [0.3, 0.4) is 0 Å². The van der Waals surface area contributed by atoms with Crippen LogP contribution < -0.4 is 27.0 Å². The molecule has 0 spiro atoms. The number of urea groups is 1. The van der Waals surface area contributed by atoms with Crippen LogP contribution in [0.5, 0.6) is 0 Å². The number of carbonyl (C=O) groups excluding carboxylic acids is 8. The first-order chi connectivity index (χ1) is 22.3. The van der Waals surface area contributed by atoms with Gasteiger partial charge in [0.05, 0.1) is 19.2 Å². The van der Waals surface area contributed by atoms with Crippen molar-refractivity contribution in [3.63, 3.8) is 0 Å². The fourth-order valence-electron chi connectivity index (χ4n) is 4.94. The molecule has 3 unspecified atom stereocenters. The van der Waals surface area contributed by atoms with Gasteiger partial charge in [-0.05, 0) is 42.9 Å². The Labute approximate surface area is 270 Å². The van der Waals surface area contributed by atoms with Crippen LogP contribution in [-0.2, 0) is 40.2 Å². The van der Waals surface area contributed by atoms with Crippen LogP contribution in [0.1, 0.15) is 45.1 Å². The number of amides is 9. The Hall–Kier alpha value is -5.38. The Morgan fingerprint density at radius 3 is 1.98 bits per heavy atom. The number of aliphatic hydroxyl groups excluding tert-OH is 1. The lowest BCUT2D eigenvalue weighted by atomic mass is 10.0. The molecule has 7 N–H and O–H groups in total. The highest BCUT2D eigenvalue weighted by Crippen LogP contribution is 2.18. The first-order valence-corrected chi connectivity index (χ1v) is 15.0. The molecule has 0 saturated carbocycles. The molecule has 47 heavy (non-hydrogen) atoms. The van der Waals surface area contributed by atoms with Crippen molar-refractivity contribution in [2.75, 3.05) is 18.4 Å². The zero-order valence-electron chi connectivity index (χ0n) is 26.1. The summed E-state index contributed by atoms with van der Waals surface area (Å²) in [6, 6.07) is 2.53. The molecule has 3 rings (SSSR count). The second-order valence-corrected chi connectivity index (χ2v) is 11.3. The minimum atomic E-state index is -1.09. The van der Waals surface area contributed by atoms with E-state index in [1.807, 2.05) is 0 Å². The van der Waals surface area contributed by atoms with Gasteiger partial charge < -0.3 is 32.1 Å². The molecule has 0 saturated heterocycles. The molecule has 2 aliphatic rings. The second kappa shape index (κ2) is 16.8. The monoisotopic (exact) mass is 653 g/mol. The lowest BCUT2D eigenvalue weighted by Crippen LogP contribution is -2.55. The van der Waals surface area contributed by atoms with E-state index in [1.54, 1.807) is 38.1 Å². The van der Waals surface area contributed by atoms with Gasteiger partial charge in [0.1, 0.15) is 12.1 Å². The van der Waals surface area contributed by atoms with Gasteiger partial charge in [-0.2, -0.15) is 0 Å². The molecule has 0 radical (unpaired) electrons. The Morgan fingerprint density at radius 2 is 1.43 bits per heavy atom. The number of hydrogen-bond acceptors (Lipinski definition) is 9. The fourth-order valence-corrected chi connectivity index (χ4v) is 4.94. The van der Waals surface area contributed by atoms with Crippen LogP contribution >= 0.6 is 0 Å². The maximum absolute atomic E-state index is 13.4. The topological polar surface area (TPSA) is 237 Å². The molecule has 2 aliphatic heterocycles. The van der Waals surface area contributed by atoms with Gasteiger partial charge in [0.15, 0.2) is 0 Å². The van der Waals surface area contributed by atoms with Gasteiger partial charge in [0, 0.05) is 43.0 Å². The van der Waals surface area contributed by atoms with Crippen LogP contribution in [0, 0.1) is 5.92 Å². The predicted molar refractivity (Wildman–Crippen MR) is 166 cm³/mol. The van der Waals surface area contributed by atoms with Gasteiger partial charge in [0.25, 0.3) is 23.6 Å². The van der Waals surface area contributed by atoms with E-state index in [0.29, 0.717) is 11.3 Å². The normalized spacial score (nSPS) is 16.0.